The highest BCUT2D eigenvalue weighted by atomic mass is 32.1. The number of carbonyl (C=O) groups excluding carboxylic acids is 2. The molecule has 138 valence electrons. The number of esters is 1. The summed E-state index contributed by atoms with van der Waals surface area (Å²) in [5.41, 5.74) is 0.859. The number of nitrogens with zero attached hydrogens (tertiary/aromatic N) is 1. The minimum Gasteiger partial charge on any atom is -0.458 e. The fourth-order valence-corrected chi connectivity index (χ4v) is 3.04. The van der Waals surface area contributed by atoms with Crippen molar-refractivity contribution in [3.8, 4) is 22.3 Å². The standard InChI is InChI=1S/C18H14N2O6S/c21-16(23-8-12-9-24-18(20-12)15-2-1-5-27-15)7-19-17(22)11-3-4-13-14(6-11)26-10-25-13/h1-6,9H,7-8,10H2,(H,19,22). The first-order valence-corrected chi connectivity index (χ1v) is 8.89. The van der Waals surface area contributed by atoms with Gasteiger partial charge >= 0.3 is 5.97 Å². The Morgan fingerprint density at radius 2 is 2.11 bits per heavy atom. The van der Waals surface area contributed by atoms with Crippen LogP contribution in [0, 0.1) is 0 Å². The van der Waals surface area contributed by atoms with Crippen LogP contribution in [0.2, 0.25) is 0 Å². The Balaban J connectivity index is 1.25. The van der Waals surface area contributed by atoms with E-state index < -0.39 is 11.9 Å². The number of hydrogen-bond donors (Lipinski definition) is 1. The summed E-state index contributed by atoms with van der Waals surface area (Å²) in [6.07, 6.45) is 1.44. The van der Waals surface area contributed by atoms with Gasteiger partial charge in [0.05, 0.1) is 4.88 Å². The van der Waals surface area contributed by atoms with Gasteiger partial charge in [0.15, 0.2) is 11.5 Å². The minimum atomic E-state index is -0.579. The van der Waals surface area contributed by atoms with Crippen LogP contribution in [-0.2, 0) is 16.1 Å². The second-order valence-corrected chi connectivity index (χ2v) is 6.48. The number of carbonyl (C=O) groups is 2. The third-order valence-corrected chi connectivity index (χ3v) is 4.55. The number of ether oxygens (including phenoxy) is 3. The van der Waals surface area contributed by atoms with Crippen molar-refractivity contribution in [1.29, 1.82) is 0 Å². The summed E-state index contributed by atoms with van der Waals surface area (Å²) >= 11 is 1.50. The van der Waals surface area contributed by atoms with Crippen molar-refractivity contribution in [2.75, 3.05) is 13.3 Å². The molecule has 2 aromatic heterocycles. The number of hydrogen-bond acceptors (Lipinski definition) is 8. The molecule has 3 heterocycles. The van der Waals surface area contributed by atoms with Gasteiger partial charge in [0.1, 0.15) is 25.1 Å². The Hall–Kier alpha value is -3.33. The first-order chi connectivity index (χ1) is 13.2. The predicted molar refractivity (Wildman–Crippen MR) is 94.5 cm³/mol. The van der Waals surface area contributed by atoms with Gasteiger partial charge in [-0.25, -0.2) is 4.98 Å². The van der Waals surface area contributed by atoms with Gasteiger partial charge in [-0.2, -0.15) is 0 Å². The zero-order chi connectivity index (χ0) is 18.6. The molecule has 8 nitrogen and oxygen atoms in total. The van der Waals surface area contributed by atoms with Crippen molar-refractivity contribution in [2.24, 2.45) is 0 Å². The van der Waals surface area contributed by atoms with E-state index in [1.165, 1.54) is 17.6 Å². The molecular weight excluding hydrogens is 372 g/mol. The third-order valence-electron chi connectivity index (χ3n) is 3.69. The van der Waals surface area contributed by atoms with Crippen LogP contribution in [0.3, 0.4) is 0 Å². The Labute approximate surface area is 157 Å². The number of oxazole rings is 1. The van der Waals surface area contributed by atoms with E-state index in [1.807, 2.05) is 17.5 Å². The summed E-state index contributed by atoms with van der Waals surface area (Å²) in [6.45, 7) is -0.167. The summed E-state index contributed by atoms with van der Waals surface area (Å²) in [4.78, 5) is 29.1. The van der Waals surface area contributed by atoms with Crippen LogP contribution in [0.4, 0.5) is 0 Å². The Morgan fingerprint density at radius 1 is 1.22 bits per heavy atom. The molecule has 1 aromatic carbocycles. The van der Waals surface area contributed by atoms with Crippen LogP contribution in [0.25, 0.3) is 10.8 Å². The van der Waals surface area contributed by atoms with E-state index in [2.05, 4.69) is 10.3 Å². The summed E-state index contributed by atoms with van der Waals surface area (Å²) < 4.78 is 20.9. The van der Waals surface area contributed by atoms with Crippen LogP contribution in [0.5, 0.6) is 11.5 Å². The monoisotopic (exact) mass is 386 g/mol. The maximum atomic E-state index is 12.1. The zero-order valence-electron chi connectivity index (χ0n) is 14.0. The molecule has 0 saturated carbocycles. The van der Waals surface area contributed by atoms with E-state index in [0.29, 0.717) is 28.6 Å². The maximum absolute atomic E-state index is 12.1. The van der Waals surface area contributed by atoms with Gasteiger partial charge < -0.3 is 23.9 Å². The lowest BCUT2D eigenvalue weighted by atomic mass is 10.2. The zero-order valence-corrected chi connectivity index (χ0v) is 14.8. The van der Waals surface area contributed by atoms with Gasteiger partial charge in [-0.3, -0.25) is 9.59 Å². The highest BCUT2D eigenvalue weighted by Gasteiger charge is 2.17. The molecule has 0 spiro atoms. The Morgan fingerprint density at radius 3 is 2.96 bits per heavy atom. The summed E-state index contributed by atoms with van der Waals surface area (Å²) in [5, 5.41) is 4.42. The van der Waals surface area contributed by atoms with Crippen LogP contribution in [0.15, 0.2) is 46.4 Å². The molecule has 0 radical (unpaired) electrons. The molecule has 1 aliphatic heterocycles. The first-order valence-electron chi connectivity index (χ1n) is 8.01. The molecule has 9 heteroatoms. The highest BCUT2D eigenvalue weighted by Crippen LogP contribution is 2.32. The van der Waals surface area contributed by atoms with Crippen molar-refractivity contribution in [3.05, 3.63) is 53.2 Å². The molecule has 0 fully saturated rings. The summed E-state index contributed by atoms with van der Waals surface area (Å²) in [5.74, 6) is 0.571. The third kappa shape index (κ3) is 3.93. The topological polar surface area (TPSA) is 99.9 Å². The SMILES string of the molecule is O=C(CNC(=O)c1ccc2c(c1)OCO2)OCc1coc(-c2cccs2)n1. The molecule has 1 aliphatic rings. The number of fused-ring (bicyclic) bond motifs is 1. The fraction of sp³-hybridized carbons (Fsp3) is 0.167. The Kier molecular flexibility index (Phi) is 4.75. The normalized spacial score (nSPS) is 12.0. The van der Waals surface area contributed by atoms with Crippen molar-refractivity contribution in [1.82, 2.24) is 10.3 Å². The summed E-state index contributed by atoms with van der Waals surface area (Å²) in [6, 6.07) is 8.58. The molecule has 0 saturated heterocycles. The average molecular weight is 386 g/mol. The van der Waals surface area contributed by atoms with Gasteiger partial charge in [-0.15, -0.1) is 11.3 Å². The van der Waals surface area contributed by atoms with E-state index in [0.717, 1.165) is 4.88 Å². The fourth-order valence-electron chi connectivity index (χ4n) is 2.38. The molecule has 3 aromatic rings. The maximum Gasteiger partial charge on any atom is 0.325 e. The molecule has 1 N–H and O–H groups in total. The van der Waals surface area contributed by atoms with Crippen LogP contribution in [0.1, 0.15) is 16.1 Å². The van der Waals surface area contributed by atoms with Gasteiger partial charge in [0.25, 0.3) is 5.91 Å². The summed E-state index contributed by atoms with van der Waals surface area (Å²) in [7, 11) is 0. The van der Waals surface area contributed by atoms with E-state index in [1.54, 1.807) is 18.2 Å². The van der Waals surface area contributed by atoms with Gasteiger partial charge in [-0.1, -0.05) is 6.07 Å². The van der Waals surface area contributed by atoms with E-state index >= 15 is 0 Å². The van der Waals surface area contributed by atoms with Crippen molar-refractivity contribution in [3.63, 3.8) is 0 Å². The smallest absolute Gasteiger partial charge is 0.325 e. The van der Waals surface area contributed by atoms with Crippen LogP contribution in [-0.4, -0.2) is 30.2 Å². The number of aromatic nitrogens is 1. The van der Waals surface area contributed by atoms with E-state index in [-0.39, 0.29) is 19.9 Å². The number of amides is 1. The second kappa shape index (κ2) is 7.50. The Bertz CT molecular complexity index is 966. The molecule has 0 unspecified atom stereocenters. The molecule has 0 aliphatic carbocycles. The minimum absolute atomic E-state index is 0.0341. The molecule has 0 atom stereocenters. The lowest BCUT2D eigenvalue weighted by Crippen LogP contribution is -2.30. The van der Waals surface area contributed by atoms with Crippen molar-refractivity contribution >= 4 is 23.2 Å². The first kappa shape index (κ1) is 17.1. The molecule has 4 rings (SSSR count). The molecule has 27 heavy (non-hydrogen) atoms. The van der Waals surface area contributed by atoms with Crippen molar-refractivity contribution < 1.29 is 28.2 Å². The number of thiophene rings is 1. The largest absolute Gasteiger partial charge is 0.458 e. The second-order valence-electron chi connectivity index (χ2n) is 5.53. The van der Waals surface area contributed by atoms with Crippen LogP contribution < -0.4 is 14.8 Å². The van der Waals surface area contributed by atoms with Gasteiger partial charge in [0.2, 0.25) is 12.7 Å². The lowest BCUT2D eigenvalue weighted by Gasteiger charge is -2.06. The molecule has 1 amide bonds. The number of nitrogens with one attached hydrogen (secondary N) is 1. The van der Waals surface area contributed by atoms with E-state index in [9.17, 15) is 9.59 Å². The highest BCUT2D eigenvalue weighted by molar-refractivity contribution is 7.13. The van der Waals surface area contributed by atoms with Crippen molar-refractivity contribution in [2.45, 2.75) is 6.61 Å². The van der Waals surface area contributed by atoms with E-state index in [4.69, 9.17) is 18.6 Å². The molecular formula is C18H14N2O6S. The van der Waals surface area contributed by atoms with Gasteiger partial charge in [0, 0.05) is 5.56 Å². The molecule has 0 bridgehead atoms. The number of benzene rings is 1. The van der Waals surface area contributed by atoms with Gasteiger partial charge in [-0.05, 0) is 29.6 Å². The van der Waals surface area contributed by atoms with Crippen LogP contribution >= 0.6 is 11.3 Å². The quantitative estimate of drug-likeness (QED) is 0.650. The predicted octanol–water partition coefficient (Wildman–Crippen LogP) is 2.61. The number of rotatable bonds is 6. The lowest BCUT2D eigenvalue weighted by molar-refractivity contribution is -0.143. The average Bonchev–Trinajstić information content (AvgIpc) is 3.44.